The van der Waals surface area contributed by atoms with E-state index in [0.717, 1.165) is 38.9 Å². The minimum Gasteiger partial charge on any atom is -0.356 e. The molecule has 0 saturated heterocycles. The fraction of sp³-hybridized carbons (Fsp3) is 0.900. The minimum atomic E-state index is 0. The smallest absolute Gasteiger partial charge is 0.219 e. The summed E-state index contributed by atoms with van der Waals surface area (Å²) in [5, 5.41) is 6.11. The van der Waals surface area contributed by atoms with Crippen LogP contribution in [0.15, 0.2) is 0 Å². The second-order valence-electron chi connectivity index (χ2n) is 3.16. The molecule has 0 aliphatic carbocycles. The van der Waals surface area contributed by atoms with Crippen LogP contribution >= 0.6 is 0 Å². The first kappa shape index (κ1) is 12.4. The minimum absolute atomic E-state index is 0. The van der Waals surface area contributed by atoms with Gasteiger partial charge < -0.3 is 10.6 Å². The van der Waals surface area contributed by atoms with Crippen molar-refractivity contribution in [2.45, 2.75) is 39.5 Å². The molecule has 3 heteroatoms. The van der Waals surface area contributed by atoms with Crippen molar-refractivity contribution in [2.75, 3.05) is 19.6 Å². The lowest BCUT2D eigenvalue weighted by atomic mass is 10.2. The fourth-order valence-electron chi connectivity index (χ4n) is 1.04. The van der Waals surface area contributed by atoms with Crippen molar-refractivity contribution in [2.24, 2.45) is 0 Å². The Bertz CT molecular complexity index is 135. The van der Waals surface area contributed by atoms with Gasteiger partial charge in [-0.05, 0) is 25.9 Å². The highest BCUT2D eigenvalue weighted by atomic mass is 16.1. The lowest BCUT2D eigenvalue weighted by molar-refractivity contribution is -0.121. The van der Waals surface area contributed by atoms with Gasteiger partial charge in [0, 0.05) is 15.8 Å². The van der Waals surface area contributed by atoms with E-state index in [4.69, 9.17) is 0 Å². The molecule has 0 rings (SSSR count). The quantitative estimate of drug-likeness (QED) is 0.573. The molecule has 0 spiro atoms. The average Bonchev–Trinajstić information content (AvgIpc) is 2.14. The number of unbranched alkanes of at least 4 members (excludes halogenated alkanes) is 1. The normalized spacial score (nSPS) is 10.0. The summed E-state index contributed by atoms with van der Waals surface area (Å²) in [6, 6.07) is 0. The molecule has 13 heavy (non-hydrogen) atoms. The highest BCUT2D eigenvalue weighted by Crippen LogP contribution is 1.92. The first-order chi connectivity index (χ1) is 6.31. The van der Waals surface area contributed by atoms with Gasteiger partial charge in [-0.1, -0.05) is 20.3 Å². The zero-order valence-corrected chi connectivity index (χ0v) is 8.86. The van der Waals surface area contributed by atoms with Crippen LogP contribution in [-0.2, 0) is 4.79 Å². The summed E-state index contributed by atoms with van der Waals surface area (Å²) >= 11 is 0. The van der Waals surface area contributed by atoms with E-state index in [1.807, 2.05) is 0 Å². The van der Waals surface area contributed by atoms with Crippen molar-refractivity contribution in [3.8, 4) is 0 Å². The van der Waals surface area contributed by atoms with E-state index >= 15 is 0 Å². The van der Waals surface area contributed by atoms with Crippen molar-refractivity contribution < 1.29 is 7.65 Å². The molecule has 0 bridgehead atoms. The molecule has 1 amide bonds. The zero-order valence-electron chi connectivity index (χ0n) is 8.86. The van der Waals surface area contributed by atoms with Crippen LogP contribution in [-0.4, -0.2) is 25.5 Å². The van der Waals surface area contributed by atoms with Gasteiger partial charge in [-0.3, -0.25) is 4.79 Å². The third-order valence-electron chi connectivity index (χ3n) is 1.86. The van der Waals surface area contributed by atoms with Crippen molar-refractivity contribution in [1.29, 1.82) is 0 Å². The predicted molar refractivity (Wildman–Crippen MR) is 59.9 cm³/mol. The van der Waals surface area contributed by atoms with Crippen LogP contribution in [0, 0.1) is 0 Å². The fourth-order valence-corrected chi connectivity index (χ4v) is 1.04. The number of carbonyl (C=O) groups excluding carboxylic acids is 1. The van der Waals surface area contributed by atoms with Crippen LogP contribution in [0.4, 0.5) is 0 Å². The van der Waals surface area contributed by atoms with E-state index in [2.05, 4.69) is 24.5 Å². The number of nitrogens with one attached hydrogen (secondary N) is 2. The molecule has 0 unspecified atom stereocenters. The van der Waals surface area contributed by atoms with Gasteiger partial charge in [0.15, 0.2) is 0 Å². The summed E-state index contributed by atoms with van der Waals surface area (Å²) in [7, 11) is 0. The van der Waals surface area contributed by atoms with Crippen molar-refractivity contribution in [3.63, 3.8) is 0 Å². The highest BCUT2D eigenvalue weighted by molar-refractivity contribution is 5.75. The van der Waals surface area contributed by atoms with Crippen LogP contribution in [0.3, 0.4) is 0 Å². The maximum Gasteiger partial charge on any atom is 0.219 e. The molecular formula is C10H26N2O. The molecule has 0 radical (unpaired) electrons. The lowest BCUT2D eigenvalue weighted by Gasteiger charge is -2.04. The van der Waals surface area contributed by atoms with E-state index in [1.165, 1.54) is 0 Å². The third-order valence-corrected chi connectivity index (χ3v) is 1.86. The Morgan fingerprint density at radius 3 is 2.62 bits per heavy atom. The molecule has 0 aromatic heterocycles. The molecule has 82 valence electrons. The number of rotatable bonds is 8. The average molecular weight is 190 g/mol. The monoisotopic (exact) mass is 190 g/mol. The van der Waals surface area contributed by atoms with Crippen LogP contribution < -0.4 is 10.6 Å². The Hall–Kier alpha value is -0.570. The van der Waals surface area contributed by atoms with Gasteiger partial charge in [0.05, 0.1) is 0 Å². The Kier molecular flexibility index (Phi) is 9.10. The van der Waals surface area contributed by atoms with Gasteiger partial charge in [-0.25, -0.2) is 0 Å². The number of hydrogen-bond acceptors (Lipinski definition) is 2. The van der Waals surface area contributed by atoms with Gasteiger partial charge in [0.1, 0.15) is 0 Å². The molecule has 2 N–H and O–H groups in total. The standard InChI is InChI=1S/C10H22N2O.2H2/c1-3-5-7-10(13)12-9-6-8-11-4-2;;/h11H,3-9H2,1-2H3,(H,12,13);2*1H. The first-order valence-corrected chi connectivity index (χ1v) is 5.28. The largest absolute Gasteiger partial charge is 0.356 e. The van der Waals surface area contributed by atoms with Gasteiger partial charge in [0.2, 0.25) is 5.91 Å². The molecule has 0 aromatic carbocycles. The zero-order chi connectivity index (χ0) is 9.94. The van der Waals surface area contributed by atoms with Crippen molar-refractivity contribution in [1.82, 2.24) is 10.6 Å². The maximum absolute atomic E-state index is 11.1. The van der Waals surface area contributed by atoms with Gasteiger partial charge in [-0.2, -0.15) is 0 Å². The van der Waals surface area contributed by atoms with Gasteiger partial charge >= 0.3 is 0 Å². The topological polar surface area (TPSA) is 41.1 Å². The van der Waals surface area contributed by atoms with E-state index in [1.54, 1.807) is 0 Å². The molecule has 0 atom stereocenters. The van der Waals surface area contributed by atoms with E-state index < -0.39 is 0 Å². The van der Waals surface area contributed by atoms with E-state index in [-0.39, 0.29) is 8.76 Å². The number of hydrogen-bond donors (Lipinski definition) is 2. The van der Waals surface area contributed by atoms with Crippen molar-refractivity contribution in [3.05, 3.63) is 0 Å². The van der Waals surface area contributed by atoms with Crippen LogP contribution in [0.5, 0.6) is 0 Å². The van der Waals surface area contributed by atoms with Gasteiger partial charge in [0.25, 0.3) is 0 Å². The molecule has 0 saturated carbocycles. The van der Waals surface area contributed by atoms with E-state index in [9.17, 15) is 4.79 Å². The SMILES string of the molecule is CCCCC(=O)NCCCNCC.[HH].[HH]. The maximum atomic E-state index is 11.1. The molecule has 0 aliphatic heterocycles. The number of carbonyl (C=O) groups is 1. The molecule has 0 heterocycles. The van der Waals surface area contributed by atoms with Crippen molar-refractivity contribution >= 4 is 5.91 Å². The van der Waals surface area contributed by atoms with Crippen LogP contribution in [0.1, 0.15) is 42.4 Å². The Balaban J connectivity index is -0.000000720. The Morgan fingerprint density at radius 1 is 1.23 bits per heavy atom. The predicted octanol–water partition coefficient (Wildman–Crippen LogP) is 1.78. The molecular weight excluding hydrogens is 164 g/mol. The van der Waals surface area contributed by atoms with Crippen LogP contribution in [0.25, 0.3) is 0 Å². The molecule has 3 nitrogen and oxygen atoms in total. The lowest BCUT2D eigenvalue weighted by Crippen LogP contribution is -2.26. The summed E-state index contributed by atoms with van der Waals surface area (Å²) in [4.78, 5) is 11.1. The molecule has 0 aliphatic rings. The summed E-state index contributed by atoms with van der Waals surface area (Å²) in [5.74, 6) is 0.193. The highest BCUT2D eigenvalue weighted by Gasteiger charge is 1.97. The van der Waals surface area contributed by atoms with E-state index in [0.29, 0.717) is 6.42 Å². The summed E-state index contributed by atoms with van der Waals surface area (Å²) < 4.78 is 0. The molecule has 0 fully saturated rings. The van der Waals surface area contributed by atoms with Gasteiger partial charge in [-0.15, -0.1) is 0 Å². The Morgan fingerprint density at radius 2 is 2.00 bits per heavy atom. The third kappa shape index (κ3) is 9.34. The second kappa shape index (κ2) is 9.52. The summed E-state index contributed by atoms with van der Waals surface area (Å²) in [6.07, 6.45) is 3.78. The summed E-state index contributed by atoms with van der Waals surface area (Å²) in [6.45, 7) is 6.97. The molecule has 0 aromatic rings. The second-order valence-corrected chi connectivity index (χ2v) is 3.16. The summed E-state index contributed by atoms with van der Waals surface area (Å²) in [5.41, 5.74) is 0. The first-order valence-electron chi connectivity index (χ1n) is 5.28. The Labute approximate surface area is 84.3 Å². The number of amides is 1. The van der Waals surface area contributed by atoms with Crippen LogP contribution in [0.2, 0.25) is 0 Å².